The summed E-state index contributed by atoms with van der Waals surface area (Å²) in [5.74, 6) is 0.249. The average molecular weight is 467 g/mol. The molecule has 3 aliphatic rings. The van der Waals surface area contributed by atoms with Crippen LogP contribution < -0.4 is 5.32 Å². The van der Waals surface area contributed by atoms with E-state index in [4.69, 9.17) is 0 Å². The standard InChI is InChI=1S/C21H22N8O3S/c22-9-8-21(12-27(13-21)33(31,32)16-6-7-16)28-11-15(10-23-28)17-2-1-3-18-24-20(26-29(17)18)25-19(30)14-4-5-14/h1-3,10-11,14,16H,4-8,12-13H2,(H,25,26,30). The van der Waals surface area contributed by atoms with Crippen molar-refractivity contribution in [3.8, 4) is 17.3 Å². The van der Waals surface area contributed by atoms with E-state index in [2.05, 4.69) is 26.6 Å². The molecule has 1 saturated heterocycles. The molecule has 12 heteroatoms. The molecule has 4 heterocycles. The molecule has 0 spiro atoms. The smallest absolute Gasteiger partial charge is 0.249 e. The minimum absolute atomic E-state index is 0.0522. The zero-order valence-electron chi connectivity index (χ0n) is 17.8. The lowest BCUT2D eigenvalue weighted by Gasteiger charge is -2.48. The van der Waals surface area contributed by atoms with Gasteiger partial charge in [0.2, 0.25) is 21.9 Å². The first kappa shape index (κ1) is 20.3. The number of nitrogens with one attached hydrogen (secondary N) is 1. The van der Waals surface area contributed by atoms with E-state index in [1.54, 1.807) is 21.5 Å². The van der Waals surface area contributed by atoms with Gasteiger partial charge in [0.25, 0.3) is 0 Å². The highest BCUT2D eigenvalue weighted by Gasteiger charge is 2.53. The van der Waals surface area contributed by atoms with Crippen molar-refractivity contribution in [1.29, 1.82) is 5.26 Å². The lowest BCUT2D eigenvalue weighted by molar-refractivity contribution is -0.117. The molecule has 2 aliphatic carbocycles. The number of anilines is 1. The molecule has 1 aliphatic heterocycles. The normalized spacial score (nSPS) is 20.3. The van der Waals surface area contributed by atoms with Gasteiger partial charge in [-0.2, -0.15) is 19.6 Å². The van der Waals surface area contributed by atoms with Crippen LogP contribution in [0.15, 0.2) is 30.6 Å². The summed E-state index contributed by atoms with van der Waals surface area (Å²) in [6, 6.07) is 7.71. The van der Waals surface area contributed by atoms with Gasteiger partial charge in [0.15, 0.2) is 5.65 Å². The molecule has 0 radical (unpaired) electrons. The van der Waals surface area contributed by atoms with E-state index >= 15 is 0 Å². The lowest BCUT2D eigenvalue weighted by atomic mass is 9.89. The van der Waals surface area contributed by atoms with Crippen molar-refractivity contribution in [1.82, 2.24) is 28.7 Å². The summed E-state index contributed by atoms with van der Waals surface area (Å²) in [6.07, 6.45) is 6.87. The van der Waals surface area contributed by atoms with E-state index in [0.717, 1.165) is 24.1 Å². The van der Waals surface area contributed by atoms with Crippen molar-refractivity contribution >= 4 is 27.5 Å². The molecule has 0 bridgehead atoms. The van der Waals surface area contributed by atoms with Crippen LogP contribution in [0.2, 0.25) is 0 Å². The van der Waals surface area contributed by atoms with Gasteiger partial charge in [-0.1, -0.05) is 6.07 Å². The van der Waals surface area contributed by atoms with Crippen molar-refractivity contribution in [3.05, 3.63) is 30.6 Å². The summed E-state index contributed by atoms with van der Waals surface area (Å²) in [7, 11) is -3.28. The predicted molar refractivity (Wildman–Crippen MR) is 117 cm³/mol. The van der Waals surface area contributed by atoms with E-state index in [0.29, 0.717) is 18.5 Å². The van der Waals surface area contributed by atoms with Crippen LogP contribution in [0.5, 0.6) is 0 Å². The number of hydrogen-bond donors (Lipinski definition) is 1. The second-order valence-corrected chi connectivity index (χ2v) is 11.3. The van der Waals surface area contributed by atoms with E-state index in [1.165, 1.54) is 4.31 Å². The van der Waals surface area contributed by atoms with Crippen LogP contribution in [0, 0.1) is 17.2 Å². The number of nitrogens with zero attached hydrogens (tertiary/aromatic N) is 7. The van der Waals surface area contributed by atoms with Crippen molar-refractivity contribution in [2.45, 2.75) is 42.9 Å². The minimum atomic E-state index is -3.28. The highest BCUT2D eigenvalue weighted by atomic mass is 32.2. The Morgan fingerprint density at radius 3 is 2.73 bits per heavy atom. The van der Waals surface area contributed by atoms with E-state index in [-0.39, 0.29) is 42.5 Å². The number of carbonyl (C=O) groups is 1. The summed E-state index contributed by atoms with van der Waals surface area (Å²) in [6.45, 7) is 0.483. The summed E-state index contributed by atoms with van der Waals surface area (Å²) in [5, 5.41) is 20.8. The third kappa shape index (κ3) is 3.39. The molecule has 1 amide bonds. The Bertz CT molecular complexity index is 1400. The Kier molecular flexibility index (Phi) is 4.37. The van der Waals surface area contributed by atoms with Gasteiger partial charge in [-0.15, -0.1) is 5.10 Å². The molecule has 11 nitrogen and oxygen atoms in total. The average Bonchev–Trinajstić information content (AvgIpc) is 3.69. The number of nitriles is 1. The van der Waals surface area contributed by atoms with Gasteiger partial charge in [-0.25, -0.2) is 12.9 Å². The Labute approximate surface area is 190 Å². The highest BCUT2D eigenvalue weighted by molar-refractivity contribution is 7.90. The number of aromatic nitrogens is 5. The molecule has 3 aromatic heterocycles. The Hall–Kier alpha value is -3.30. The SMILES string of the molecule is N#CCC1(n2cc(-c3cccc4nc(NC(=O)C5CC5)nn34)cn2)CN(S(=O)(=O)C2CC2)C1. The molecule has 0 atom stereocenters. The fourth-order valence-corrected chi connectivity index (χ4v) is 6.29. The molecule has 33 heavy (non-hydrogen) atoms. The third-order valence-corrected chi connectivity index (χ3v) is 8.85. The Balaban J connectivity index is 1.29. The van der Waals surface area contributed by atoms with Crippen LogP contribution in [-0.2, 0) is 20.4 Å². The van der Waals surface area contributed by atoms with E-state index in [1.807, 2.05) is 18.3 Å². The largest absolute Gasteiger partial charge is 0.293 e. The number of amides is 1. The minimum Gasteiger partial charge on any atom is -0.293 e. The Morgan fingerprint density at radius 1 is 1.24 bits per heavy atom. The number of sulfonamides is 1. The lowest BCUT2D eigenvalue weighted by Crippen LogP contribution is -2.64. The molecule has 0 unspecified atom stereocenters. The number of hydrogen-bond acceptors (Lipinski definition) is 7. The van der Waals surface area contributed by atoms with Gasteiger partial charge in [-0.3, -0.25) is 14.8 Å². The molecule has 170 valence electrons. The number of pyridine rings is 1. The van der Waals surface area contributed by atoms with Crippen molar-refractivity contribution in [3.63, 3.8) is 0 Å². The summed E-state index contributed by atoms with van der Waals surface area (Å²) >= 11 is 0. The maximum atomic E-state index is 12.6. The summed E-state index contributed by atoms with van der Waals surface area (Å²) in [5.41, 5.74) is 1.39. The first-order valence-electron chi connectivity index (χ1n) is 11.0. The first-order chi connectivity index (χ1) is 15.9. The second-order valence-electron chi connectivity index (χ2n) is 9.13. The number of fused-ring (bicyclic) bond motifs is 1. The zero-order chi connectivity index (χ0) is 22.8. The molecule has 1 N–H and O–H groups in total. The molecule has 6 rings (SSSR count). The molecule has 3 aromatic rings. The zero-order valence-corrected chi connectivity index (χ0v) is 18.6. The van der Waals surface area contributed by atoms with Gasteiger partial charge < -0.3 is 0 Å². The maximum Gasteiger partial charge on any atom is 0.249 e. The monoisotopic (exact) mass is 466 g/mol. The van der Waals surface area contributed by atoms with Crippen molar-refractivity contribution < 1.29 is 13.2 Å². The fraction of sp³-hybridized carbons (Fsp3) is 0.476. The Morgan fingerprint density at radius 2 is 2.03 bits per heavy atom. The van der Waals surface area contributed by atoms with Crippen LogP contribution in [-0.4, -0.2) is 61.3 Å². The summed E-state index contributed by atoms with van der Waals surface area (Å²) in [4.78, 5) is 16.5. The van der Waals surface area contributed by atoms with Crippen LogP contribution in [0.1, 0.15) is 32.1 Å². The maximum absolute atomic E-state index is 12.6. The van der Waals surface area contributed by atoms with E-state index in [9.17, 15) is 18.5 Å². The van der Waals surface area contributed by atoms with Gasteiger partial charge in [-0.05, 0) is 37.8 Å². The quantitative estimate of drug-likeness (QED) is 0.555. The fourth-order valence-electron chi connectivity index (χ4n) is 4.30. The third-order valence-electron chi connectivity index (χ3n) is 6.56. The van der Waals surface area contributed by atoms with Crippen LogP contribution in [0.4, 0.5) is 5.95 Å². The van der Waals surface area contributed by atoms with Crippen LogP contribution in [0.3, 0.4) is 0 Å². The van der Waals surface area contributed by atoms with Gasteiger partial charge >= 0.3 is 0 Å². The van der Waals surface area contributed by atoms with Gasteiger partial charge in [0.1, 0.15) is 5.54 Å². The van der Waals surface area contributed by atoms with Gasteiger partial charge in [0.05, 0.1) is 29.6 Å². The predicted octanol–water partition coefficient (Wildman–Crippen LogP) is 1.36. The number of rotatable bonds is 7. The van der Waals surface area contributed by atoms with Crippen molar-refractivity contribution in [2.75, 3.05) is 18.4 Å². The molecule has 3 fully saturated rings. The second kappa shape index (κ2) is 7.10. The number of carbonyl (C=O) groups excluding carboxylic acids is 1. The molecule has 0 aromatic carbocycles. The molecule has 2 saturated carbocycles. The van der Waals surface area contributed by atoms with Crippen molar-refractivity contribution in [2.24, 2.45) is 5.92 Å². The van der Waals surface area contributed by atoms with Gasteiger partial charge in [0, 0.05) is 30.8 Å². The highest BCUT2D eigenvalue weighted by Crippen LogP contribution is 2.40. The molecular weight excluding hydrogens is 444 g/mol. The topological polar surface area (TPSA) is 138 Å². The molecular formula is C21H22N8O3S. The summed E-state index contributed by atoms with van der Waals surface area (Å²) < 4.78 is 29.9. The van der Waals surface area contributed by atoms with Crippen LogP contribution in [0.25, 0.3) is 16.9 Å². The first-order valence-corrected chi connectivity index (χ1v) is 12.5. The van der Waals surface area contributed by atoms with E-state index < -0.39 is 15.6 Å². The van der Waals surface area contributed by atoms with Crippen LogP contribution >= 0.6 is 0 Å².